The Hall–Kier alpha value is -1.14. The highest BCUT2D eigenvalue weighted by Gasteiger charge is 2.15. The van der Waals surface area contributed by atoms with Crippen molar-refractivity contribution in [1.82, 2.24) is 0 Å². The van der Waals surface area contributed by atoms with Crippen LogP contribution in [0, 0.1) is 24.2 Å². The van der Waals surface area contributed by atoms with E-state index in [1.165, 1.54) is 17.9 Å². The van der Waals surface area contributed by atoms with E-state index < -0.39 is 0 Å². The van der Waals surface area contributed by atoms with Crippen molar-refractivity contribution >= 4 is 17.4 Å². The van der Waals surface area contributed by atoms with Crippen molar-refractivity contribution in [2.75, 3.05) is 23.4 Å². The lowest BCUT2D eigenvalue weighted by molar-refractivity contribution is 0.632. The van der Waals surface area contributed by atoms with Crippen LogP contribution in [0.15, 0.2) is 18.2 Å². The highest BCUT2D eigenvalue weighted by atomic mass is 32.2. The van der Waals surface area contributed by atoms with Crippen LogP contribution < -0.4 is 5.32 Å². The van der Waals surface area contributed by atoms with Gasteiger partial charge in [-0.1, -0.05) is 6.07 Å². The van der Waals surface area contributed by atoms with E-state index >= 15 is 0 Å². The molecule has 3 heteroatoms. The second-order valence-corrected chi connectivity index (χ2v) is 5.42. The zero-order valence-corrected chi connectivity index (χ0v) is 10.3. The molecule has 1 aliphatic rings. The lowest BCUT2D eigenvalue weighted by Crippen LogP contribution is -2.14. The van der Waals surface area contributed by atoms with Gasteiger partial charge in [-0.2, -0.15) is 17.0 Å². The molecule has 1 atom stereocenters. The lowest BCUT2D eigenvalue weighted by atomic mass is 10.1. The van der Waals surface area contributed by atoms with E-state index in [4.69, 9.17) is 5.26 Å². The third kappa shape index (κ3) is 2.70. The van der Waals surface area contributed by atoms with Gasteiger partial charge in [0.05, 0.1) is 11.3 Å². The second-order valence-electron chi connectivity index (χ2n) is 4.27. The van der Waals surface area contributed by atoms with Crippen LogP contribution in [-0.2, 0) is 0 Å². The Morgan fingerprint density at radius 1 is 1.56 bits per heavy atom. The molecule has 1 aromatic carbocycles. The smallest absolute Gasteiger partial charge is 0.101 e. The Balaban J connectivity index is 2.00. The van der Waals surface area contributed by atoms with Gasteiger partial charge in [0.2, 0.25) is 0 Å². The molecule has 0 aromatic heterocycles. The minimum absolute atomic E-state index is 0.755. The zero-order valence-electron chi connectivity index (χ0n) is 9.49. The van der Waals surface area contributed by atoms with Crippen molar-refractivity contribution in [3.63, 3.8) is 0 Å². The molecule has 1 fully saturated rings. The van der Waals surface area contributed by atoms with Gasteiger partial charge in [0, 0.05) is 6.54 Å². The first kappa shape index (κ1) is 11.3. The summed E-state index contributed by atoms with van der Waals surface area (Å²) in [6.45, 7) is 3.00. The van der Waals surface area contributed by atoms with Crippen LogP contribution in [0.5, 0.6) is 0 Å². The average Bonchev–Trinajstić information content (AvgIpc) is 2.80. The molecule has 84 valence electrons. The van der Waals surface area contributed by atoms with Crippen molar-refractivity contribution in [2.24, 2.45) is 5.92 Å². The summed E-state index contributed by atoms with van der Waals surface area (Å²) >= 11 is 2.02. The van der Waals surface area contributed by atoms with Gasteiger partial charge >= 0.3 is 0 Å². The number of thioether (sulfide) groups is 1. The van der Waals surface area contributed by atoms with Crippen LogP contribution in [0.1, 0.15) is 17.5 Å². The molecule has 0 spiro atoms. The number of anilines is 1. The molecule has 2 rings (SSSR count). The van der Waals surface area contributed by atoms with Gasteiger partial charge < -0.3 is 5.32 Å². The maximum atomic E-state index is 9.04. The summed E-state index contributed by atoms with van der Waals surface area (Å²) in [5.74, 6) is 3.30. The molecule has 0 aliphatic carbocycles. The zero-order chi connectivity index (χ0) is 11.4. The molecule has 0 saturated carbocycles. The third-order valence-corrected chi connectivity index (χ3v) is 4.13. The molecule has 1 heterocycles. The number of hydrogen-bond donors (Lipinski definition) is 1. The normalized spacial score (nSPS) is 19.4. The number of hydrogen-bond acceptors (Lipinski definition) is 3. The quantitative estimate of drug-likeness (QED) is 0.870. The van der Waals surface area contributed by atoms with Gasteiger partial charge in [0.15, 0.2) is 0 Å². The number of nitrogens with zero attached hydrogens (tertiary/aromatic N) is 1. The number of rotatable bonds is 3. The predicted octanol–water partition coefficient (Wildman–Crippen LogP) is 3.03. The topological polar surface area (TPSA) is 35.8 Å². The highest BCUT2D eigenvalue weighted by molar-refractivity contribution is 7.99. The van der Waals surface area contributed by atoms with E-state index in [1.54, 1.807) is 0 Å². The van der Waals surface area contributed by atoms with Crippen LogP contribution in [0.25, 0.3) is 0 Å². The van der Waals surface area contributed by atoms with E-state index in [0.29, 0.717) is 0 Å². The Bertz CT molecular complexity index is 403. The minimum atomic E-state index is 0.755. The molecule has 1 aromatic rings. The summed E-state index contributed by atoms with van der Waals surface area (Å²) in [7, 11) is 0. The molecule has 1 unspecified atom stereocenters. The molecular weight excluding hydrogens is 216 g/mol. The van der Waals surface area contributed by atoms with Crippen molar-refractivity contribution in [3.05, 3.63) is 29.3 Å². The summed E-state index contributed by atoms with van der Waals surface area (Å²) < 4.78 is 0. The molecule has 0 amide bonds. The third-order valence-electron chi connectivity index (χ3n) is 2.90. The van der Waals surface area contributed by atoms with Crippen LogP contribution in [0.2, 0.25) is 0 Å². The van der Waals surface area contributed by atoms with Gasteiger partial charge in [-0.15, -0.1) is 0 Å². The summed E-state index contributed by atoms with van der Waals surface area (Å²) in [5, 5.41) is 12.4. The Morgan fingerprint density at radius 3 is 3.12 bits per heavy atom. The summed E-state index contributed by atoms with van der Waals surface area (Å²) in [6, 6.07) is 8.24. The van der Waals surface area contributed by atoms with Crippen LogP contribution >= 0.6 is 11.8 Å². The monoisotopic (exact) mass is 232 g/mol. The Morgan fingerprint density at radius 2 is 2.44 bits per heavy atom. The van der Waals surface area contributed by atoms with Gasteiger partial charge in [-0.25, -0.2) is 0 Å². The first-order valence-electron chi connectivity index (χ1n) is 5.62. The molecule has 1 N–H and O–H groups in total. The number of aryl methyl sites for hydroxylation is 1. The molecule has 1 saturated heterocycles. The molecular formula is C13H16N2S. The molecule has 0 bridgehead atoms. The average molecular weight is 232 g/mol. The minimum Gasteiger partial charge on any atom is -0.384 e. The summed E-state index contributed by atoms with van der Waals surface area (Å²) in [5.41, 5.74) is 2.87. The van der Waals surface area contributed by atoms with E-state index in [9.17, 15) is 0 Å². The fraction of sp³-hybridized carbons (Fsp3) is 0.462. The molecule has 16 heavy (non-hydrogen) atoms. The van der Waals surface area contributed by atoms with E-state index in [0.717, 1.165) is 29.3 Å². The van der Waals surface area contributed by atoms with Crippen LogP contribution in [0.4, 0.5) is 5.69 Å². The van der Waals surface area contributed by atoms with Crippen molar-refractivity contribution in [2.45, 2.75) is 13.3 Å². The van der Waals surface area contributed by atoms with Crippen molar-refractivity contribution < 1.29 is 0 Å². The molecule has 1 aliphatic heterocycles. The maximum Gasteiger partial charge on any atom is 0.101 e. The first-order valence-corrected chi connectivity index (χ1v) is 6.77. The van der Waals surface area contributed by atoms with Gasteiger partial charge in [0.1, 0.15) is 6.07 Å². The fourth-order valence-electron chi connectivity index (χ4n) is 1.90. The number of benzene rings is 1. The maximum absolute atomic E-state index is 9.04. The molecule has 0 radical (unpaired) electrons. The van der Waals surface area contributed by atoms with Crippen LogP contribution in [0.3, 0.4) is 0 Å². The summed E-state index contributed by atoms with van der Waals surface area (Å²) in [4.78, 5) is 0. The lowest BCUT2D eigenvalue weighted by Gasteiger charge is -2.12. The van der Waals surface area contributed by atoms with E-state index in [1.807, 2.05) is 36.9 Å². The number of nitrogens with one attached hydrogen (secondary N) is 1. The van der Waals surface area contributed by atoms with E-state index in [2.05, 4.69) is 11.4 Å². The Labute approximate surface area is 101 Å². The number of nitriles is 1. The predicted molar refractivity (Wildman–Crippen MR) is 69.8 cm³/mol. The standard InChI is InChI=1S/C13H16N2S/c1-10-2-3-13(12(6-10)7-14)15-8-11-4-5-16-9-11/h2-3,6,11,15H,4-5,8-9H2,1H3. The SMILES string of the molecule is Cc1ccc(NCC2CCSC2)c(C#N)c1. The Kier molecular flexibility index (Phi) is 3.74. The van der Waals surface area contributed by atoms with Crippen LogP contribution in [-0.4, -0.2) is 18.1 Å². The first-order chi connectivity index (χ1) is 7.79. The van der Waals surface area contributed by atoms with Crippen molar-refractivity contribution in [3.8, 4) is 6.07 Å². The van der Waals surface area contributed by atoms with Crippen molar-refractivity contribution in [1.29, 1.82) is 5.26 Å². The van der Waals surface area contributed by atoms with E-state index in [-0.39, 0.29) is 0 Å². The highest BCUT2D eigenvalue weighted by Crippen LogP contribution is 2.24. The molecule has 2 nitrogen and oxygen atoms in total. The van der Waals surface area contributed by atoms with Gasteiger partial charge in [-0.05, 0) is 48.5 Å². The second kappa shape index (κ2) is 5.27. The van der Waals surface area contributed by atoms with Gasteiger partial charge in [-0.3, -0.25) is 0 Å². The fourth-order valence-corrected chi connectivity index (χ4v) is 3.19. The largest absolute Gasteiger partial charge is 0.384 e. The van der Waals surface area contributed by atoms with Gasteiger partial charge in [0.25, 0.3) is 0 Å². The summed E-state index contributed by atoms with van der Waals surface area (Å²) in [6.07, 6.45) is 1.30.